The van der Waals surface area contributed by atoms with Gasteiger partial charge in [-0.3, -0.25) is 0 Å². The predicted octanol–water partition coefficient (Wildman–Crippen LogP) is 2.26. The number of hydrogen-bond acceptors (Lipinski definition) is 3. The summed E-state index contributed by atoms with van der Waals surface area (Å²) in [6, 6.07) is 2.68. The monoisotopic (exact) mass is 199 g/mol. The van der Waals surface area contributed by atoms with Crippen molar-refractivity contribution in [1.29, 1.82) is 0 Å². The van der Waals surface area contributed by atoms with Crippen LogP contribution in [0.5, 0.6) is 0 Å². The molecular formula is C10H17NOS. The summed E-state index contributed by atoms with van der Waals surface area (Å²) in [6.45, 7) is 3.98. The zero-order valence-electron chi connectivity index (χ0n) is 8.25. The second-order valence-electron chi connectivity index (χ2n) is 3.20. The van der Waals surface area contributed by atoms with Crippen LogP contribution in [0.2, 0.25) is 0 Å². The molecule has 0 aliphatic rings. The summed E-state index contributed by atoms with van der Waals surface area (Å²) in [4.78, 5) is 0. The van der Waals surface area contributed by atoms with Gasteiger partial charge in [0.15, 0.2) is 0 Å². The fraction of sp³-hybridized carbons (Fsp3) is 0.600. The molecule has 1 aromatic rings. The molecule has 13 heavy (non-hydrogen) atoms. The lowest BCUT2D eigenvalue weighted by atomic mass is 10.2. The summed E-state index contributed by atoms with van der Waals surface area (Å²) in [5, 5.41) is 7.73. The third-order valence-corrected chi connectivity index (χ3v) is 2.72. The highest BCUT2D eigenvalue weighted by molar-refractivity contribution is 7.07. The van der Waals surface area contributed by atoms with E-state index in [0.29, 0.717) is 6.04 Å². The molecule has 1 atom stereocenters. The van der Waals surface area contributed by atoms with Crippen molar-refractivity contribution in [3.63, 3.8) is 0 Å². The SMILES string of the molecule is COCCC(C)NCc1ccsc1. The van der Waals surface area contributed by atoms with Gasteiger partial charge in [-0.25, -0.2) is 0 Å². The number of hydrogen-bond donors (Lipinski definition) is 1. The molecule has 0 aliphatic carbocycles. The maximum atomic E-state index is 5.01. The molecule has 3 heteroatoms. The topological polar surface area (TPSA) is 21.3 Å². The molecule has 0 aromatic carbocycles. The van der Waals surface area contributed by atoms with Crippen LogP contribution in [0.25, 0.3) is 0 Å². The first-order chi connectivity index (χ1) is 6.33. The summed E-state index contributed by atoms with van der Waals surface area (Å²) in [7, 11) is 1.74. The van der Waals surface area contributed by atoms with Crippen LogP contribution in [0.3, 0.4) is 0 Å². The fourth-order valence-corrected chi connectivity index (χ4v) is 1.75. The van der Waals surface area contributed by atoms with Crippen molar-refractivity contribution in [2.24, 2.45) is 0 Å². The third-order valence-electron chi connectivity index (χ3n) is 1.99. The lowest BCUT2D eigenvalue weighted by Crippen LogP contribution is -2.26. The molecule has 0 amide bonds. The summed E-state index contributed by atoms with van der Waals surface area (Å²) >= 11 is 1.74. The van der Waals surface area contributed by atoms with E-state index >= 15 is 0 Å². The van der Waals surface area contributed by atoms with E-state index in [1.165, 1.54) is 5.56 Å². The first-order valence-electron chi connectivity index (χ1n) is 4.56. The van der Waals surface area contributed by atoms with Crippen molar-refractivity contribution in [3.8, 4) is 0 Å². The Labute approximate surface area is 83.9 Å². The average molecular weight is 199 g/mol. The highest BCUT2D eigenvalue weighted by Gasteiger charge is 2.00. The smallest absolute Gasteiger partial charge is 0.0476 e. The van der Waals surface area contributed by atoms with Gasteiger partial charge in [0, 0.05) is 26.3 Å². The van der Waals surface area contributed by atoms with E-state index in [9.17, 15) is 0 Å². The molecule has 0 spiro atoms. The minimum Gasteiger partial charge on any atom is -0.385 e. The molecule has 0 fully saturated rings. The minimum atomic E-state index is 0.528. The molecular weight excluding hydrogens is 182 g/mol. The fourth-order valence-electron chi connectivity index (χ4n) is 1.08. The standard InChI is InChI=1S/C10H17NOS/c1-9(3-5-12-2)11-7-10-4-6-13-8-10/h4,6,8-9,11H,3,5,7H2,1-2H3. The zero-order chi connectivity index (χ0) is 9.52. The molecule has 1 heterocycles. The second-order valence-corrected chi connectivity index (χ2v) is 3.98. The van der Waals surface area contributed by atoms with Gasteiger partial charge in [0.1, 0.15) is 0 Å². The van der Waals surface area contributed by atoms with Crippen molar-refractivity contribution in [1.82, 2.24) is 5.32 Å². The molecule has 1 N–H and O–H groups in total. The first kappa shape index (κ1) is 10.7. The van der Waals surface area contributed by atoms with E-state index in [1.807, 2.05) is 0 Å². The minimum absolute atomic E-state index is 0.528. The molecule has 0 aliphatic heterocycles. The van der Waals surface area contributed by atoms with Gasteiger partial charge < -0.3 is 10.1 Å². The van der Waals surface area contributed by atoms with E-state index in [4.69, 9.17) is 4.74 Å². The molecule has 0 saturated heterocycles. The number of methoxy groups -OCH3 is 1. The van der Waals surface area contributed by atoms with Crippen LogP contribution in [-0.4, -0.2) is 19.8 Å². The quantitative estimate of drug-likeness (QED) is 0.759. The van der Waals surface area contributed by atoms with Crippen molar-refractivity contribution in [2.45, 2.75) is 25.9 Å². The Hall–Kier alpha value is -0.380. The van der Waals surface area contributed by atoms with E-state index in [0.717, 1.165) is 19.6 Å². The van der Waals surface area contributed by atoms with Crippen LogP contribution in [0, 0.1) is 0 Å². The van der Waals surface area contributed by atoms with E-state index in [1.54, 1.807) is 18.4 Å². The van der Waals surface area contributed by atoms with Gasteiger partial charge in [-0.2, -0.15) is 11.3 Å². The van der Waals surface area contributed by atoms with Gasteiger partial charge in [-0.05, 0) is 35.7 Å². The van der Waals surface area contributed by atoms with Gasteiger partial charge in [0.25, 0.3) is 0 Å². The Balaban J connectivity index is 2.11. The summed E-state index contributed by atoms with van der Waals surface area (Å²) in [5.74, 6) is 0. The molecule has 2 nitrogen and oxygen atoms in total. The van der Waals surface area contributed by atoms with Crippen LogP contribution in [-0.2, 0) is 11.3 Å². The summed E-state index contributed by atoms with van der Waals surface area (Å²) in [5.41, 5.74) is 1.37. The molecule has 0 bridgehead atoms. The van der Waals surface area contributed by atoms with Crippen molar-refractivity contribution in [3.05, 3.63) is 22.4 Å². The second kappa shape index (κ2) is 6.13. The number of rotatable bonds is 6. The number of nitrogens with one attached hydrogen (secondary N) is 1. The van der Waals surface area contributed by atoms with Gasteiger partial charge in [0.05, 0.1) is 0 Å². The maximum Gasteiger partial charge on any atom is 0.0476 e. The predicted molar refractivity (Wildman–Crippen MR) is 57.1 cm³/mol. The van der Waals surface area contributed by atoms with Gasteiger partial charge in [-0.1, -0.05) is 0 Å². The van der Waals surface area contributed by atoms with Crippen molar-refractivity contribution in [2.75, 3.05) is 13.7 Å². The van der Waals surface area contributed by atoms with E-state index in [2.05, 4.69) is 29.1 Å². The normalized spacial score (nSPS) is 13.1. The van der Waals surface area contributed by atoms with Crippen LogP contribution in [0.1, 0.15) is 18.9 Å². The van der Waals surface area contributed by atoms with E-state index < -0.39 is 0 Å². The Morgan fingerprint density at radius 3 is 3.08 bits per heavy atom. The highest BCUT2D eigenvalue weighted by Crippen LogP contribution is 2.05. The summed E-state index contributed by atoms with van der Waals surface area (Å²) in [6.07, 6.45) is 1.07. The zero-order valence-corrected chi connectivity index (χ0v) is 9.06. The Bertz CT molecular complexity index is 211. The summed E-state index contributed by atoms with van der Waals surface area (Å²) < 4.78 is 5.01. The first-order valence-corrected chi connectivity index (χ1v) is 5.50. The lowest BCUT2D eigenvalue weighted by Gasteiger charge is -2.12. The highest BCUT2D eigenvalue weighted by atomic mass is 32.1. The third kappa shape index (κ3) is 4.41. The molecule has 0 saturated carbocycles. The van der Waals surface area contributed by atoms with Gasteiger partial charge >= 0.3 is 0 Å². The Morgan fingerprint density at radius 1 is 1.62 bits per heavy atom. The molecule has 1 unspecified atom stereocenters. The van der Waals surface area contributed by atoms with Gasteiger partial charge in [0.2, 0.25) is 0 Å². The number of thiophene rings is 1. The number of ether oxygens (including phenoxy) is 1. The average Bonchev–Trinajstić information content (AvgIpc) is 2.64. The van der Waals surface area contributed by atoms with Crippen molar-refractivity contribution < 1.29 is 4.74 Å². The van der Waals surface area contributed by atoms with Crippen molar-refractivity contribution >= 4 is 11.3 Å². The Kier molecular flexibility index (Phi) is 5.05. The molecule has 1 aromatic heterocycles. The van der Waals surface area contributed by atoms with Gasteiger partial charge in [-0.15, -0.1) is 0 Å². The lowest BCUT2D eigenvalue weighted by molar-refractivity contribution is 0.184. The van der Waals surface area contributed by atoms with Crippen LogP contribution in [0.4, 0.5) is 0 Å². The maximum absolute atomic E-state index is 5.01. The van der Waals surface area contributed by atoms with Crippen LogP contribution < -0.4 is 5.32 Å². The Morgan fingerprint density at radius 2 is 2.46 bits per heavy atom. The van der Waals surface area contributed by atoms with Crippen LogP contribution >= 0.6 is 11.3 Å². The molecule has 0 radical (unpaired) electrons. The largest absolute Gasteiger partial charge is 0.385 e. The van der Waals surface area contributed by atoms with E-state index in [-0.39, 0.29) is 0 Å². The molecule has 74 valence electrons. The molecule has 1 rings (SSSR count). The van der Waals surface area contributed by atoms with Crippen LogP contribution in [0.15, 0.2) is 16.8 Å².